The summed E-state index contributed by atoms with van der Waals surface area (Å²) in [5, 5.41) is 8.99. The van der Waals surface area contributed by atoms with Crippen molar-refractivity contribution in [2.24, 2.45) is 0 Å². The Labute approximate surface area is 339 Å². The predicted octanol–water partition coefficient (Wildman–Crippen LogP) is 15.7. The van der Waals surface area contributed by atoms with Gasteiger partial charge in [0.1, 0.15) is 16.7 Å². The summed E-state index contributed by atoms with van der Waals surface area (Å²) in [5.41, 5.74) is 11.9. The second-order valence-corrected chi connectivity index (χ2v) is 15.2. The molecule has 0 unspecified atom stereocenters. The Balaban J connectivity index is 1.02. The van der Waals surface area contributed by atoms with Gasteiger partial charge in [-0.05, 0) is 116 Å². The van der Waals surface area contributed by atoms with Crippen LogP contribution in [0.3, 0.4) is 0 Å². The van der Waals surface area contributed by atoms with Crippen molar-refractivity contribution >= 4 is 82.4 Å². The van der Waals surface area contributed by atoms with E-state index in [1.807, 2.05) is 30.3 Å². The fraction of sp³-hybridized carbons (Fsp3) is 0. The van der Waals surface area contributed by atoms with Gasteiger partial charge in [0.25, 0.3) is 0 Å². The molecule has 0 aliphatic carbocycles. The molecule has 0 spiro atoms. The third kappa shape index (κ3) is 5.65. The highest BCUT2D eigenvalue weighted by Crippen LogP contribution is 2.43. The van der Waals surface area contributed by atoms with Gasteiger partial charge in [-0.2, -0.15) is 0 Å². The molecule has 0 amide bonds. The number of furan rings is 1. The lowest BCUT2D eigenvalue weighted by Crippen LogP contribution is -2.10. The maximum atomic E-state index is 6.69. The molecule has 0 fully saturated rings. The zero-order valence-electron chi connectivity index (χ0n) is 31.8. The van der Waals surface area contributed by atoms with E-state index in [-0.39, 0.29) is 0 Å². The predicted molar refractivity (Wildman–Crippen MR) is 245 cm³/mol. The van der Waals surface area contributed by atoms with Crippen LogP contribution in [-0.4, -0.2) is 4.98 Å². The van der Waals surface area contributed by atoms with Crippen LogP contribution in [0.15, 0.2) is 215 Å². The third-order valence-corrected chi connectivity index (χ3v) is 11.6. The van der Waals surface area contributed by atoms with E-state index >= 15 is 0 Å². The van der Waals surface area contributed by atoms with Gasteiger partial charge in [-0.15, -0.1) is 0 Å². The first-order chi connectivity index (χ1) is 29.2. The topological polar surface area (TPSA) is 42.4 Å². The Hall–Kier alpha value is -7.95. The summed E-state index contributed by atoms with van der Waals surface area (Å²) in [6, 6.07) is 73.0. The van der Waals surface area contributed by atoms with Crippen LogP contribution in [0.4, 0.5) is 17.1 Å². The molecule has 59 heavy (non-hydrogen) atoms. The second kappa shape index (κ2) is 13.3. The molecule has 0 aliphatic heterocycles. The van der Waals surface area contributed by atoms with E-state index in [0.717, 1.165) is 72.0 Å². The number of oxazole rings is 1. The molecule has 4 heteroatoms. The zero-order valence-corrected chi connectivity index (χ0v) is 31.8. The van der Waals surface area contributed by atoms with Gasteiger partial charge in [-0.25, -0.2) is 4.98 Å². The van der Waals surface area contributed by atoms with E-state index in [0.29, 0.717) is 5.89 Å². The van der Waals surface area contributed by atoms with Crippen molar-refractivity contribution in [3.63, 3.8) is 0 Å². The van der Waals surface area contributed by atoms with Crippen LogP contribution in [0.25, 0.3) is 99.1 Å². The normalized spacial score (nSPS) is 11.7. The molecule has 0 saturated heterocycles. The van der Waals surface area contributed by atoms with Gasteiger partial charge in [0.05, 0.1) is 0 Å². The molecule has 2 heterocycles. The van der Waals surface area contributed by atoms with E-state index in [2.05, 4.69) is 181 Å². The lowest BCUT2D eigenvalue weighted by Gasteiger charge is -2.26. The summed E-state index contributed by atoms with van der Waals surface area (Å²) < 4.78 is 13.1. The van der Waals surface area contributed by atoms with Crippen LogP contribution in [-0.2, 0) is 0 Å². The van der Waals surface area contributed by atoms with E-state index in [1.54, 1.807) is 0 Å². The minimum atomic E-state index is 0.576. The van der Waals surface area contributed by atoms with E-state index < -0.39 is 0 Å². The number of nitrogens with zero attached hydrogens (tertiary/aromatic N) is 2. The Morgan fingerprint density at radius 1 is 0.339 bits per heavy atom. The van der Waals surface area contributed by atoms with Crippen molar-refractivity contribution in [2.75, 3.05) is 4.90 Å². The molecule has 0 saturated carbocycles. The Morgan fingerprint density at radius 2 is 0.983 bits per heavy atom. The number of hydrogen-bond acceptors (Lipinski definition) is 4. The molecule has 4 nitrogen and oxygen atoms in total. The first-order valence-corrected chi connectivity index (χ1v) is 19.9. The molecule has 276 valence electrons. The van der Waals surface area contributed by atoms with Crippen molar-refractivity contribution in [1.82, 2.24) is 4.98 Å². The second-order valence-electron chi connectivity index (χ2n) is 15.2. The zero-order chi connectivity index (χ0) is 38.9. The van der Waals surface area contributed by atoms with Crippen LogP contribution >= 0.6 is 0 Å². The van der Waals surface area contributed by atoms with E-state index in [4.69, 9.17) is 13.8 Å². The van der Waals surface area contributed by atoms with Gasteiger partial charge in [-0.1, -0.05) is 133 Å². The number of fused-ring (bicyclic) bond motifs is 8. The molecule has 0 radical (unpaired) electrons. The highest BCUT2D eigenvalue weighted by Gasteiger charge is 2.21. The van der Waals surface area contributed by atoms with Gasteiger partial charge >= 0.3 is 0 Å². The van der Waals surface area contributed by atoms with Crippen molar-refractivity contribution in [2.45, 2.75) is 0 Å². The lowest BCUT2D eigenvalue weighted by atomic mass is 9.99. The smallest absolute Gasteiger partial charge is 0.228 e. The summed E-state index contributed by atoms with van der Waals surface area (Å²) in [6.07, 6.45) is 0. The summed E-state index contributed by atoms with van der Waals surface area (Å²) in [7, 11) is 0. The summed E-state index contributed by atoms with van der Waals surface area (Å²) >= 11 is 0. The van der Waals surface area contributed by atoms with Crippen molar-refractivity contribution in [3.8, 4) is 33.7 Å². The first-order valence-electron chi connectivity index (χ1n) is 19.9. The Kier molecular flexibility index (Phi) is 7.50. The number of benzene rings is 10. The van der Waals surface area contributed by atoms with Gasteiger partial charge in [0.2, 0.25) is 5.89 Å². The number of aromatic nitrogens is 1. The standard InChI is InChI=1S/C55H34N2O2/c1-2-10-35(11-3-1)41-22-21-37-24-26-45(33-43(37)31-41)57(44-16-8-15-40(32-44)42-23-20-36-12-4-5-14-39(36)30-42)46-27-28-48-52(34-46)58-50-19-9-18-49(53(48)50)55-56-54-47-17-7-6-13-38(47)25-29-51(54)59-55/h1-34H. The summed E-state index contributed by atoms with van der Waals surface area (Å²) in [4.78, 5) is 7.39. The van der Waals surface area contributed by atoms with Gasteiger partial charge in [-0.3, -0.25) is 0 Å². The maximum Gasteiger partial charge on any atom is 0.228 e. The Morgan fingerprint density at radius 3 is 1.88 bits per heavy atom. The van der Waals surface area contributed by atoms with E-state index in [9.17, 15) is 0 Å². The van der Waals surface area contributed by atoms with Crippen LogP contribution in [0, 0.1) is 0 Å². The van der Waals surface area contributed by atoms with E-state index in [1.165, 1.54) is 38.2 Å². The molecule has 0 aliphatic rings. The molecule has 10 aromatic carbocycles. The largest absolute Gasteiger partial charge is 0.456 e. The molecule has 12 rings (SSSR count). The quantitative estimate of drug-likeness (QED) is 0.170. The molecule has 2 aromatic heterocycles. The van der Waals surface area contributed by atoms with Gasteiger partial charge in [0.15, 0.2) is 5.58 Å². The van der Waals surface area contributed by atoms with Crippen LogP contribution in [0.2, 0.25) is 0 Å². The number of anilines is 3. The fourth-order valence-electron chi connectivity index (χ4n) is 8.73. The number of rotatable bonds is 6. The van der Waals surface area contributed by atoms with Crippen LogP contribution in [0.1, 0.15) is 0 Å². The minimum Gasteiger partial charge on any atom is -0.456 e. The fourth-order valence-corrected chi connectivity index (χ4v) is 8.73. The molecule has 12 aromatic rings. The summed E-state index contributed by atoms with van der Waals surface area (Å²) in [5.74, 6) is 0.576. The van der Waals surface area contributed by atoms with Crippen molar-refractivity contribution < 1.29 is 8.83 Å². The highest BCUT2D eigenvalue weighted by molar-refractivity contribution is 6.13. The third-order valence-electron chi connectivity index (χ3n) is 11.6. The minimum absolute atomic E-state index is 0.576. The van der Waals surface area contributed by atoms with Crippen molar-refractivity contribution in [1.29, 1.82) is 0 Å². The molecule has 0 bridgehead atoms. The maximum absolute atomic E-state index is 6.69. The molecular weight excluding hydrogens is 721 g/mol. The molecular formula is C55H34N2O2. The lowest BCUT2D eigenvalue weighted by molar-refractivity contribution is 0.620. The Bertz CT molecular complexity index is 3580. The number of hydrogen-bond donors (Lipinski definition) is 0. The summed E-state index contributed by atoms with van der Waals surface area (Å²) in [6.45, 7) is 0. The first kappa shape index (κ1) is 33.2. The van der Waals surface area contributed by atoms with Gasteiger partial charge < -0.3 is 13.7 Å². The molecule has 0 N–H and O–H groups in total. The SMILES string of the molecule is c1ccc(-c2ccc3ccc(N(c4cccc(-c5ccc6ccccc6c5)c4)c4ccc5c(c4)oc4cccc(-c6nc7c(ccc8ccccc87)o6)c45)cc3c2)cc1. The average Bonchev–Trinajstić information content (AvgIpc) is 3.91. The van der Waals surface area contributed by atoms with Crippen LogP contribution < -0.4 is 4.90 Å². The van der Waals surface area contributed by atoms with Crippen molar-refractivity contribution in [3.05, 3.63) is 206 Å². The highest BCUT2D eigenvalue weighted by atomic mass is 16.3. The monoisotopic (exact) mass is 754 g/mol. The van der Waals surface area contributed by atoms with Gasteiger partial charge in [0, 0.05) is 44.9 Å². The van der Waals surface area contributed by atoms with Crippen LogP contribution in [0.5, 0.6) is 0 Å². The molecule has 0 atom stereocenters. The average molecular weight is 755 g/mol.